The van der Waals surface area contributed by atoms with Gasteiger partial charge in [0, 0.05) is 43.4 Å². The van der Waals surface area contributed by atoms with E-state index < -0.39 is 0 Å². The lowest BCUT2D eigenvalue weighted by molar-refractivity contribution is 0.285. The second-order valence-electron chi connectivity index (χ2n) is 5.94. The molecule has 0 N–H and O–H groups in total. The van der Waals surface area contributed by atoms with Crippen molar-refractivity contribution in [3.8, 4) is 5.75 Å². The molecular weight excluding hydrogens is 308 g/mol. The average Bonchev–Trinajstić information content (AvgIpc) is 2.81. The fourth-order valence-electron chi connectivity index (χ4n) is 3.07. The predicted octanol–water partition coefficient (Wildman–Crippen LogP) is 4.06. The highest BCUT2D eigenvalue weighted by Crippen LogP contribution is 2.21. The normalized spacial score (nSPS) is 16.2. The van der Waals surface area contributed by atoms with Crippen LogP contribution in [0, 0.1) is 0 Å². The molecule has 0 bridgehead atoms. The lowest BCUT2D eigenvalue weighted by Gasteiger charge is -2.24. The van der Waals surface area contributed by atoms with Gasteiger partial charge in [-0.1, -0.05) is 23.7 Å². The zero-order chi connectivity index (χ0) is 16.1. The standard InChI is InChI=1S/C19H23ClN2O/c1-23-19-8-6-18(7-9-19)22-11-3-10-21(12-13-22)15-16-4-2-5-17(20)14-16/h2,4-9,14H,3,10-13,15H2,1H3. The van der Waals surface area contributed by atoms with Gasteiger partial charge in [-0.25, -0.2) is 0 Å². The fraction of sp³-hybridized carbons (Fsp3) is 0.368. The minimum atomic E-state index is 0.817. The van der Waals surface area contributed by atoms with Gasteiger partial charge < -0.3 is 9.64 Å². The number of anilines is 1. The summed E-state index contributed by atoms with van der Waals surface area (Å²) in [5.74, 6) is 0.908. The summed E-state index contributed by atoms with van der Waals surface area (Å²) in [5, 5.41) is 0.817. The van der Waals surface area contributed by atoms with Gasteiger partial charge in [0.05, 0.1) is 7.11 Å². The summed E-state index contributed by atoms with van der Waals surface area (Å²) in [6.45, 7) is 5.31. The van der Waals surface area contributed by atoms with E-state index >= 15 is 0 Å². The molecule has 0 saturated carbocycles. The first kappa shape index (κ1) is 16.2. The zero-order valence-electron chi connectivity index (χ0n) is 13.5. The first-order valence-corrected chi connectivity index (χ1v) is 8.48. The molecule has 1 saturated heterocycles. The van der Waals surface area contributed by atoms with Gasteiger partial charge in [0.15, 0.2) is 0 Å². The van der Waals surface area contributed by atoms with E-state index in [9.17, 15) is 0 Å². The van der Waals surface area contributed by atoms with Crippen LogP contribution in [0.15, 0.2) is 48.5 Å². The molecule has 122 valence electrons. The summed E-state index contributed by atoms with van der Waals surface area (Å²) in [6.07, 6.45) is 1.17. The van der Waals surface area contributed by atoms with Gasteiger partial charge in [-0.15, -0.1) is 0 Å². The average molecular weight is 331 g/mol. The van der Waals surface area contributed by atoms with Crippen molar-refractivity contribution in [2.45, 2.75) is 13.0 Å². The van der Waals surface area contributed by atoms with Crippen LogP contribution in [0.3, 0.4) is 0 Å². The molecule has 2 aromatic carbocycles. The smallest absolute Gasteiger partial charge is 0.119 e. The fourth-order valence-corrected chi connectivity index (χ4v) is 3.29. The number of methoxy groups -OCH3 is 1. The summed E-state index contributed by atoms with van der Waals surface area (Å²) < 4.78 is 5.24. The molecule has 0 unspecified atom stereocenters. The Bertz CT molecular complexity index is 630. The monoisotopic (exact) mass is 330 g/mol. The van der Waals surface area contributed by atoms with Gasteiger partial charge in [0.1, 0.15) is 5.75 Å². The predicted molar refractivity (Wildman–Crippen MR) is 96.6 cm³/mol. The van der Waals surface area contributed by atoms with Crippen LogP contribution in [-0.4, -0.2) is 38.2 Å². The molecule has 0 aromatic heterocycles. The SMILES string of the molecule is COc1ccc(N2CCCN(Cc3cccc(Cl)c3)CC2)cc1. The lowest BCUT2D eigenvalue weighted by atomic mass is 10.2. The van der Waals surface area contributed by atoms with E-state index in [1.54, 1.807) is 7.11 Å². The van der Waals surface area contributed by atoms with E-state index in [1.807, 2.05) is 24.3 Å². The van der Waals surface area contributed by atoms with Crippen molar-refractivity contribution in [1.29, 1.82) is 0 Å². The van der Waals surface area contributed by atoms with E-state index in [2.05, 4.69) is 34.1 Å². The molecule has 3 rings (SSSR count). The Morgan fingerprint density at radius 1 is 1.00 bits per heavy atom. The van der Waals surface area contributed by atoms with E-state index in [-0.39, 0.29) is 0 Å². The number of benzene rings is 2. The highest BCUT2D eigenvalue weighted by molar-refractivity contribution is 6.30. The minimum Gasteiger partial charge on any atom is -0.497 e. The molecule has 23 heavy (non-hydrogen) atoms. The lowest BCUT2D eigenvalue weighted by Crippen LogP contribution is -2.30. The highest BCUT2D eigenvalue weighted by Gasteiger charge is 2.15. The maximum absolute atomic E-state index is 6.09. The molecular formula is C19H23ClN2O. The van der Waals surface area contributed by atoms with Crippen LogP contribution in [0.1, 0.15) is 12.0 Å². The Kier molecular flexibility index (Phi) is 5.42. The molecule has 3 nitrogen and oxygen atoms in total. The van der Waals surface area contributed by atoms with Gasteiger partial charge >= 0.3 is 0 Å². The maximum atomic E-state index is 6.09. The van der Waals surface area contributed by atoms with E-state index in [0.29, 0.717) is 0 Å². The van der Waals surface area contributed by atoms with Crippen molar-refractivity contribution in [3.05, 3.63) is 59.1 Å². The quantitative estimate of drug-likeness (QED) is 0.840. The third-order valence-electron chi connectivity index (χ3n) is 4.32. The topological polar surface area (TPSA) is 15.7 Å². The van der Waals surface area contributed by atoms with Crippen LogP contribution in [-0.2, 0) is 6.54 Å². The second kappa shape index (κ2) is 7.71. The Labute approximate surface area is 143 Å². The second-order valence-corrected chi connectivity index (χ2v) is 6.38. The van der Waals surface area contributed by atoms with Crippen molar-refractivity contribution < 1.29 is 4.74 Å². The van der Waals surface area contributed by atoms with Gasteiger partial charge in [-0.05, 0) is 48.4 Å². The van der Waals surface area contributed by atoms with Gasteiger partial charge in [0.25, 0.3) is 0 Å². The molecule has 2 aromatic rings. The maximum Gasteiger partial charge on any atom is 0.119 e. The molecule has 1 fully saturated rings. The molecule has 0 atom stereocenters. The number of hydrogen-bond donors (Lipinski definition) is 0. The third-order valence-corrected chi connectivity index (χ3v) is 4.56. The van der Waals surface area contributed by atoms with E-state index in [0.717, 1.165) is 43.5 Å². The molecule has 1 aliphatic rings. The molecule has 0 amide bonds. The van der Waals surface area contributed by atoms with E-state index in [1.165, 1.54) is 17.7 Å². The van der Waals surface area contributed by atoms with Crippen molar-refractivity contribution in [1.82, 2.24) is 4.90 Å². The highest BCUT2D eigenvalue weighted by atomic mass is 35.5. The van der Waals surface area contributed by atoms with Crippen LogP contribution in [0.4, 0.5) is 5.69 Å². The van der Waals surface area contributed by atoms with Crippen LogP contribution in [0.25, 0.3) is 0 Å². The van der Waals surface area contributed by atoms with E-state index in [4.69, 9.17) is 16.3 Å². The summed E-state index contributed by atoms with van der Waals surface area (Å²) in [4.78, 5) is 4.96. The number of halogens is 1. The Morgan fingerprint density at radius 2 is 1.83 bits per heavy atom. The van der Waals surface area contributed by atoms with Crippen molar-refractivity contribution in [2.75, 3.05) is 38.2 Å². The van der Waals surface area contributed by atoms with Crippen LogP contribution < -0.4 is 9.64 Å². The van der Waals surface area contributed by atoms with Gasteiger partial charge in [-0.3, -0.25) is 4.90 Å². The van der Waals surface area contributed by atoms with Crippen LogP contribution in [0.2, 0.25) is 5.02 Å². The Hall–Kier alpha value is -1.71. The third kappa shape index (κ3) is 4.40. The number of ether oxygens (including phenoxy) is 1. The first-order valence-electron chi connectivity index (χ1n) is 8.10. The zero-order valence-corrected chi connectivity index (χ0v) is 14.3. The van der Waals surface area contributed by atoms with Crippen molar-refractivity contribution in [3.63, 3.8) is 0 Å². The summed E-state index contributed by atoms with van der Waals surface area (Å²) >= 11 is 6.09. The van der Waals surface area contributed by atoms with Crippen molar-refractivity contribution in [2.24, 2.45) is 0 Å². The molecule has 1 aliphatic heterocycles. The Morgan fingerprint density at radius 3 is 2.57 bits per heavy atom. The summed E-state index contributed by atoms with van der Waals surface area (Å²) in [5.41, 5.74) is 2.56. The number of rotatable bonds is 4. The van der Waals surface area contributed by atoms with Crippen molar-refractivity contribution >= 4 is 17.3 Å². The summed E-state index contributed by atoms with van der Waals surface area (Å²) in [7, 11) is 1.70. The first-order chi connectivity index (χ1) is 11.2. The van der Waals surface area contributed by atoms with Crippen LogP contribution in [0.5, 0.6) is 5.75 Å². The van der Waals surface area contributed by atoms with Gasteiger partial charge in [0.2, 0.25) is 0 Å². The Balaban J connectivity index is 1.60. The molecule has 0 aliphatic carbocycles. The largest absolute Gasteiger partial charge is 0.497 e. The molecule has 0 radical (unpaired) electrons. The summed E-state index contributed by atoms with van der Waals surface area (Å²) in [6, 6.07) is 16.5. The number of nitrogens with zero attached hydrogens (tertiary/aromatic N) is 2. The number of hydrogen-bond acceptors (Lipinski definition) is 3. The molecule has 1 heterocycles. The minimum absolute atomic E-state index is 0.817. The molecule has 0 spiro atoms. The molecule has 4 heteroatoms. The van der Waals surface area contributed by atoms with Crippen LogP contribution >= 0.6 is 11.6 Å². The van der Waals surface area contributed by atoms with Gasteiger partial charge in [-0.2, -0.15) is 0 Å².